The third-order valence-electron chi connectivity index (χ3n) is 11.6. The molecule has 0 saturated heterocycles. The molecule has 0 saturated carbocycles. The average Bonchev–Trinajstić information content (AvgIpc) is 3.27. The van der Waals surface area contributed by atoms with Gasteiger partial charge >= 0.3 is 17.9 Å². The van der Waals surface area contributed by atoms with Crippen LogP contribution in [0.2, 0.25) is 0 Å². The van der Waals surface area contributed by atoms with Crippen molar-refractivity contribution in [2.75, 3.05) is 13.2 Å². The van der Waals surface area contributed by atoms with Crippen LogP contribution in [0.3, 0.4) is 0 Å². The zero-order valence-corrected chi connectivity index (χ0v) is 41.1. The van der Waals surface area contributed by atoms with E-state index in [1.165, 1.54) is 148 Å². The van der Waals surface area contributed by atoms with Crippen molar-refractivity contribution in [2.24, 2.45) is 0 Å². The first-order valence-corrected chi connectivity index (χ1v) is 26.6. The SMILES string of the molecule is CC/C=C\C/C=C\C/C=C\C/C=C\CCCCCCCCCCCCCCCCCCC(=O)OCC(COC(=O)CCCCCCCCC)OC(=O)CCCCCCCCCC. The van der Waals surface area contributed by atoms with Crippen molar-refractivity contribution < 1.29 is 28.6 Å². The van der Waals surface area contributed by atoms with Gasteiger partial charge in [0.2, 0.25) is 0 Å². The van der Waals surface area contributed by atoms with Crippen molar-refractivity contribution in [1.82, 2.24) is 0 Å². The quantitative estimate of drug-likeness (QED) is 0.0262. The molecule has 1 unspecified atom stereocenters. The third kappa shape index (κ3) is 48.4. The summed E-state index contributed by atoms with van der Waals surface area (Å²) in [6.07, 6.45) is 61.5. The van der Waals surface area contributed by atoms with E-state index in [0.29, 0.717) is 19.3 Å². The topological polar surface area (TPSA) is 78.9 Å². The number of hydrogen-bond acceptors (Lipinski definition) is 6. The Balaban J connectivity index is 3.94. The summed E-state index contributed by atoms with van der Waals surface area (Å²) < 4.78 is 16.7. The van der Waals surface area contributed by atoms with Crippen LogP contribution in [0, 0.1) is 0 Å². The lowest BCUT2D eigenvalue weighted by Gasteiger charge is -2.18. The van der Waals surface area contributed by atoms with E-state index >= 15 is 0 Å². The summed E-state index contributed by atoms with van der Waals surface area (Å²) in [4.78, 5) is 37.6. The fraction of sp³-hybridized carbons (Fsp3) is 0.804. The second-order valence-corrected chi connectivity index (χ2v) is 17.8. The standard InChI is InChI=1S/C56H100O6/c1-4-7-10-13-16-18-19-20-21-22-23-24-25-26-27-28-29-30-31-32-33-34-35-36-37-38-41-43-46-49-55(58)61-52-53(51-60-54(57)48-45-42-39-15-12-9-6-3)62-56(59)50-47-44-40-17-14-11-8-5-2/h7,10,16,18,20-21,23-24,53H,4-6,8-9,11-15,17,19,22,25-52H2,1-3H3/b10-7-,18-16-,21-20-,24-23-. The van der Waals surface area contributed by atoms with Crippen molar-refractivity contribution >= 4 is 17.9 Å². The zero-order valence-electron chi connectivity index (χ0n) is 41.1. The van der Waals surface area contributed by atoms with Crippen LogP contribution >= 0.6 is 0 Å². The number of carbonyl (C=O) groups is 3. The highest BCUT2D eigenvalue weighted by molar-refractivity contribution is 5.71. The van der Waals surface area contributed by atoms with E-state index in [1.54, 1.807) is 0 Å². The van der Waals surface area contributed by atoms with Gasteiger partial charge in [0.05, 0.1) is 0 Å². The van der Waals surface area contributed by atoms with Crippen LogP contribution in [0.1, 0.15) is 271 Å². The summed E-state index contributed by atoms with van der Waals surface area (Å²) in [7, 11) is 0. The predicted octanol–water partition coefficient (Wildman–Crippen LogP) is 17.5. The van der Waals surface area contributed by atoms with E-state index in [2.05, 4.69) is 69.4 Å². The molecule has 0 spiro atoms. The Labute approximate surface area is 384 Å². The zero-order chi connectivity index (χ0) is 45.1. The van der Waals surface area contributed by atoms with E-state index in [1.807, 2.05) is 0 Å². The lowest BCUT2D eigenvalue weighted by molar-refractivity contribution is -0.167. The minimum Gasteiger partial charge on any atom is -0.462 e. The monoisotopic (exact) mass is 869 g/mol. The highest BCUT2D eigenvalue weighted by Gasteiger charge is 2.19. The van der Waals surface area contributed by atoms with Crippen molar-refractivity contribution in [2.45, 2.75) is 277 Å². The van der Waals surface area contributed by atoms with E-state index in [4.69, 9.17) is 14.2 Å². The molecule has 0 aromatic rings. The maximum absolute atomic E-state index is 12.6. The summed E-state index contributed by atoms with van der Waals surface area (Å²) in [5.74, 6) is -0.873. The Morgan fingerprint density at radius 3 is 0.984 bits per heavy atom. The Bertz CT molecular complexity index is 1090. The van der Waals surface area contributed by atoms with Crippen LogP contribution in [0.5, 0.6) is 0 Å². The molecule has 0 amide bonds. The van der Waals surface area contributed by atoms with Crippen LogP contribution in [0.15, 0.2) is 48.6 Å². The number of hydrogen-bond donors (Lipinski definition) is 0. The Hall–Kier alpha value is -2.63. The number of unbranched alkanes of at least 4 members (excludes halogenated alkanes) is 29. The predicted molar refractivity (Wildman–Crippen MR) is 265 cm³/mol. The molecule has 0 fully saturated rings. The molecule has 6 heteroatoms. The Kier molecular flexibility index (Phi) is 48.8. The molecule has 360 valence electrons. The first-order chi connectivity index (χ1) is 30.5. The molecule has 0 aliphatic heterocycles. The second kappa shape index (κ2) is 51.0. The number of rotatable bonds is 48. The fourth-order valence-electron chi connectivity index (χ4n) is 7.61. The molecule has 0 aromatic heterocycles. The minimum absolute atomic E-state index is 0.0690. The summed E-state index contributed by atoms with van der Waals surface area (Å²) in [5, 5.41) is 0. The fourth-order valence-corrected chi connectivity index (χ4v) is 7.61. The maximum atomic E-state index is 12.6. The van der Waals surface area contributed by atoms with Gasteiger partial charge in [0.15, 0.2) is 6.10 Å². The van der Waals surface area contributed by atoms with E-state index < -0.39 is 6.10 Å². The number of ether oxygens (including phenoxy) is 3. The smallest absolute Gasteiger partial charge is 0.306 e. The van der Waals surface area contributed by atoms with Gasteiger partial charge in [-0.2, -0.15) is 0 Å². The average molecular weight is 869 g/mol. The first kappa shape index (κ1) is 59.4. The van der Waals surface area contributed by atoms with Crippen LogP contribution in [0.25, 0.3) is 0 Å². The van der Waals surface area contributed by atoms with Gasteiger partial charge in [-0.1, -0.05) is 243 Å². The van der Waals surface area contributed by atoms with Crippen LogP contribution in [-0.4, -0.2) is 37.2 Å². The normalized spacial score (nSPS) is 12.4. The molecule has 0 bridgehead atoms. The third-order valence-corrected chi connectivity index (χ3v) is 11.6. The first-order valence-electron chi connectivity index (χ1n) is 26.6. The van der Waals surface area contributed by atoms with Crippen molar-refractivity contribution in [3.05, 3.63) is 48.6 Å². The molecule has 0 aliphatic rings. The Morgan fingerprint density at radius 1 is 0.339 bits per heavy atom. The van der Waals surface area contributed by atoms with Crippen molar-refractivity contribution in [1.29, 1.82) is 0 Å². The van der Waals surface area contributed by atoms with Gasteiger partial charge < -0.3 is 14.2 Å². The van der Waals surface area contributed by atoms with Crippen molar-refractivity contribution in [3.8, 4) is 0 Å². The molecule has 0 heterocycles. The molecule has 0 N–H and O–H groups in total. The molecule has 0 radical (unpaired) electrons. The molecule has 0 rings (SSSR count). The highest BCUT2D eigenvalue weighted by atomic mass is 16.6. The molecule has 62 heavy (non-hydrogen) atoms. The van der Waals surface area contributed by atoms with Gasteiger partial charge in [0.1, 0.15) is 13.2 Å². The largest absolute Gasteiger partial charge is 0.462 e. The van der Waals surface area contributed by atoms with E-state index in [-0.39, 0.29) is 31.1 Å². The maximum Gasteiger partial charge on any atom is 0.306 e. The van der Waals surface area contributed by atoms with Crippen LogP contribution < -0.4 is 0 Å². The summed E-state index contributed by atoms with van der Waals surface area (Å²) >= 11 is 0. The van der Waals surface area contributed by atoms with Crippen molar-refractivity contribution in [3.63, 3.8) is 0 Å². The van der Waals surface area contributed by atoms with Gasteiger partial charge in [0, 0.05) is 19.3 Å². The van der Waals surface area contributed by atoms with E-state index in [9.17, 15) is 14.4 Å². The number of carbonyl (C=O) groups excluding carboxylic acids is 3. The molecule has 6 nitrogen and oxygen atoms in total. The lowest BCUT2D eigenvalue weighted by Crippen LogP contribution is -2.30. The van der Waals surface area contributed by atoms with Gasteiger partial charge in [0.25, 0.3) is 0 Å². The van der Waals surface area contributed by atoms with Crippen LogP contribution in [-0.2, 0) is 28.6 Å². The Morgan fingerprint density at radius 2 is 0.629 bits per heavy atom. The molecule has 0 aromatic carbocycles. The second-order valence-electron chi connectivity index (χ2n) is 17.8. The minimum atomic E-state index is -0.763. The highest BCUT2D eigenvalue weighted by Crippen LogP contribution is 2.16. The summed E-state index contributed by atoms with van der Waals surface area (Å²) in [6, 6.07) is 0. The van der Waals surface area contributed by atoms with Gasteiger partial charge in [-0.3, -0.25) is 14.4 Å². The summed E-state index contributed by atoms with van der Waals surface area (Å²) in [6.45, 7) is 6.47. The summed E-state index contributed by atoms with van der Waals surface area (Å²) in [5.41, 5.74) is 0. The molecular weight excluding hydrogens is 769 g/mol. The number of esters is 3. The van der Waals surface area contributed by atoms with Gasteiger partial charge in [-0.15, -0.1) is 0 Å². The number of allylic oxidation sites excluding steroid dienone is 8. The van der Waals surface area contributed by atoms with E-state index in [0.717, 1.165) is 83.5 Å². The van der Waals surface area contributed by atoms with Crippen LogP contribution in [0.4, 0.5) is 0 Å². The molecular formula is C56H100O6. The van der Waals surface area contributed by atoms with Gasteiger partial charge in [-0.25, -0.2) is 0 Å². The molecule has 1 atom stereocenters. The lowest BCUT2D eigenvalue weighted by atomic mass is 10.0. The van der Waals surface area contributed by atoms with Gasteiger partial charge in [-0.05, 0) is 57.8 Å². The molecule has 0 aliphatic carbocycles.